The molecule has 1 saturated heterocycles. The number of aliphatic hydroxyl groups is 1. The highest BCUT2D eigenvalue weighted by molar-refractivity contribution is 5.90. The number of hydrogen-bond acceptors (Lipinski definition) is 6. The lowest BCUT2D eigenvalue weighted by Gasteiger charge is -2.27. The summed E-state index contributed by atoms with van der Waals surface area (Å²) in [6.07, 6.45) is -1.41. The Labute approximate surface area is 190 Å². The third kappa shape index (κ3) is 4.42. The third-order valence-corrected chi connectivity index (χ3v) is 6.18. The lowest BCUT2D eigenvalue weighted by Crippen LogP contribution is -2.59. The van der Waals surface area contributed by atoms with Crippen LogP contribution >= 0.6 is 0 Å². The van der Waals surface area contributed by atoms with Gasteiger partial charge in [0.15, 0.2) is 11.6 Å². The van der Waals surface area contributed by atoms with Crippen molar-refractivity contribution in [1.82, 2.24) is 10.6 Å². The molecule has 2 amide bonds. The average molecular weight is 454 g/mol. The quantitative estimate of drug-likeness (QED) is 0.500. The maximum Gasteiger partial charge on any atom is 0.407 e. The summed E-state index contributed by atoms with van der Waals surface area (Å²) in [5.74, 6) is -2.20. The summed E-state index contributed by atoms with van der Waals surface area (Å²) in [5.41, 5.74) is 2.56. The second kappa shape index (κ2) is 9.21. The molecule has 0 spiro atoms. The van der Waals surface area contributed by atoms with Gasteiger partial charge in [-0.1, -0.05) is 48.5 Å². The van der Waals surface area contributed by atoms with Crippen molar-refractivity contribution < 1.29 is 34.1 Å². The van der Waals surface area contributed by atoms with Crippen LogP contribution in [0.25, 0.3) is 11.1 Å². The fourth-order valence-electron chi connectivity index (χ4n) is 4.29. The molecule has 0 saturated carbocycles. The predicted molar refractivity (Wildman–Crippen MR) is 118 cm³/mol. The summed E-state index contributed by atoms with van der Waals surface area (Å²) in [4.78, 5) is 36.4. The summed E-state index contributed by atoms with van der Waals surface area (Å²) in [6.45, 7) is 0.753. The molecular formula is C24H26N2O7. The van der Waals surface area contributed by atoms with E-state index in [1.54, 1.807) is 0 Å². The summed E-state index contributed by atoms with van der Waals surface area (Å²) < 4.78 is 10.9. The van der Waals surface area contributed by atoms with Crippen molar-refractivity contribution in [3.8, 4) is 11.1 Å². The van der Waals surface area contributed by atoms with Gasteiger partial charge in [-0.3, -0.25) is 4.79 Å². The molecule has 2 aliphatic rings. The van der Waals surface area contributed by atoms with Gasteiger partial charge in [-0.2, -0.15) is 0 Å². The smallest absolute Gasteiger partial charge is 0.407 e. The molecule has 1 aliphatic carbocycles. The van der Waals surface area contributed by atoms with Crippen molar-refractivity contribution >= 4 is 18.0 Å². The van der Waals surface area contributed by atoms with Crippen LogP contribution in [0.1, 0.15) is 30.4 Å². The standard InChI is InChI=1S/C24H26N2O7/c1-24(13-27,22(29)30)26-21(28)20-19(10-11-32-20)25-23(31)33-12-18-16-8-4-2-6-14(16)15-7-3-5-9-17(15)18/h2-9,18-20,27H,10-13H2,1H3,(H,25,31)(H,26,28)(H,29,30)/t19-,20+,24?/m1/s1. The van der Waals surface area contributed by atoms with Crippen LogP contribution < -0.4 is 10.6 Å². The molecule has 9 nitrogen and oxygen atoms in total. The molecule has 2 aromatic carbocycles. The minimum atomic E-state index is -1.85. The molecule has 9 heteroatoms. The number of nitrogens with one attached hydrogen (secondary N) is 2. The van der Waals surface area contributed by atoms with E-state index < -0.39 is 42.3 Å². The van der Waals surface area contributed by atoms with Crippen LogP contribution in [0, 0.1) is 0 Å². The van der Waals surface area contributed by atoms with Crippen LogP contribution in [0.4, 0.5) is 4.79 Å². The van der Waals surface area contributed by atoms with E-state index in [1.165, 1.54) is 6.92 Å². The number of ether oxygens (including phenoxy) is 2. The van der Waals surface area contributed by atoms with Crippen molar-refractivity contribution in [1.29, 1.82) is 0 Å². The van der Waals surface area contributed by atoms with Gasteiger partial charge < -0.3 is 30.3 Å². The lowest BCUT2D eigenvalue weighted by molar-refractivity contribution is -0.150. The lowest BCUT2D eigenvalue weighted by atomic mass is 9.98. The van der Waals surface area contributed by atoms with Crippen LogP contribution in [0.3, 0.4) is 0 Å². The summed E-state index contributed by atoms with van der Waals surface area (Å²) in [5, 5.41) is 23.5. The monoisotopic (exact) mass is 454 g/mol. The van der Waals surface area contributed by atoms with Gasteiger partial charge in [-0.25, -0.2) is 9.59 Å². The normalized spacial score (nSPS) is 20.9. The van der Waals surface area contributed by atoms with Crippen molar-refractivity contribution in [3.63, 3.8) is 0 Å². The molecule has 1 heterocycles. The van der Waals surface area contributed by atoms with Crippen molar-refractivity contribution in [2.75, 3.05) is 19.8 Å². The zero-order valence-corrected chi connectivity index (χ0v) is 18.1. The Hall–Kier alpha value is -3.43. The van der Waals surface area contributed by atoms with E-state index in [-0.39, 0.29) is 19.1 Å². The first-order chi connectivity index (χ1) is 15.8. The maximum absolute atomic E-state index is 12.6. The van der Waals surface area contributed by atoms with Crippen LogP contribution in [-0.2, 0) is 19.1 Å². The topological polar surface area (TPSA) is 134 Å². The molecule has 3 atom stereocenters. The number of amides is 2. The van der Waals surface area contributed by atoms with Crippen LogP contribution in [-0.4, -0.2) is 65.7 Å². The third-order valence-electron chi connectivity index (χ3n) is 6.18. The summed E-state index contributed by atoms with van der Waals surface area (Å²) in [6, 6.07) is 15.3. The number of alkyl carbamates (subject to hydrolysis) is 1. The van der Waals surface area contributed by atoms with E-state index in [1.807, 2.05) is 48.5 Å². The molecular weight excluding hydrogens is 428 g/mol. The molecule has 33 heavy (non-hydrogen) atoms. The van der Waals surface area contributed by atoms with Gasteiger partial charge in [-0.05, 0) is 35.6 Å². The van der Waals surface area contributed by atoms with Gasteiger partial charge in [0.05, 0.1) is 12.6 Å². The second-order valence-electron chi connectivity index (χ2n) is 8.44. The minimum absolute atomic E-state index is 0.0945. The average Bonchev–Trinajstić information content (AvgIpc) is 3.40. The van der Waals surface area contributed by atoms with Crippen LogP contribution in [0.5, 0.6) is 0 Å². The number of carbonyl (C=O) groups excluding carboxylic acids is 2. The highest BCUT2D eigenvalue weighted by Crippen LogP contribution is 2.44. The Morgan fingerprint density at radius 3 is 2.27 bits per heavy atom. The number of carbonyl (C=O) groups is 3. The first-order valence-corrected chi connectivity index (χ1v) is 10.7. The van der Waals surface area contributed by atoms with Crippen molar-refractivity contribution in [2.24, 2.45) is 0 Å². The molecule has 0 radical (unpaired) electrons. The van der Waals surface area contributed by atoms with Gasteiger partial charge in [0, 0.05) is 12.5 Å². The molecule has 1 unspecified atom stereocenters. The highest BCUT2D eigenvalue weighted by atomic mass is 16.6. The number of carboxylic acids is 1. The molecule has 0 aromatic heterocycles. The van der Waals surface area contributed by atoms with Crippen molar-refractivity contribution in [2.45, 2.75) is 36.9 Å². The van der Waals surface area contributed by atoms with Crippen molar-refractivity contribution in [3.05, 3.63) is 59.7 Å². The Bertz CT molecular complexity index is 1030. The van der Waals surface area contributed by atoms with Gasteiger partial charge in [0.2, 0.25) is 0 Å². The fourth-order valence-corrected chi connectivity index (χ4v) is 4.29. The van der Waals surface area contributed by atoms with E-state index >= 15 is 0 Å². The summed E-state index contributed by atoms with van der Waals surface area (Å²) >= 11 is 0. The molecule has 4 rings (SSSR count). The number of hydrogen-bond donors (Lipinski definition) is 4. The van der Waals surface area contributed by atoms with Gasteiger partial charge in [0.25, 0.3) is 5.91 Å². The molecule has 2 aromatic rings. The minimum Gasteiger partial charge on any atom is -0.479 e. The SMILES string of the molecule is CC(CO)(NC(=O)[C@H]1OCC[C@H]1NC(=O)OCC1c2ccccc2-c2ccccc21)C(=O)O. The number of carboxylic acid groups (broad SMARTS) is 1. The van der Waals surface area contributed by atoms with E-state index in [2.05, 4.69) is 10.6 Å². The van der Waals surface area contributed by atoms with E-state index in [4.69, 9.17) is 9.47 Å². The Morgan fingerprint density at radius 2 is 1.70 bits per heavy atom. The van der Waals surface area contributed by atoms with Gasteiger partial charge in [0.1, 0.15) is 6.61 Å². The molecule has 1 fully saturated rings. The molecule has 4 N–H and O–H groups in total. The molecule has 0 bridgehead atoms. The first kappa shape index (κ1) is 22.8. The zero-order valence-electron chi connectivity index (χ0n) is 18.1. The van der Waals surface area contributed by atoms with Crippen LogP contribution in [0.2, 0.25) is 0 Å². The van der Waals surface area contributed by atoms with E-state index in [0.29, 0.717) is 6.42 Å². The number of aliphatic carboxylic acids is 1. The van der Waals surface area contributed by atoms with Crippen LogP contribution in [0.15, 0.2) is 48.5 Å². The number of rotatable bonds is 7. The number of aliphatic hydroxyl groups excluding tert-OH is 1. The Kier molecular flexibility index (Phi) is 6.35. The second-order valence-corrected chi connectivity index (χ2v) is 8.44. The highest BCUT2D eigenvalue weighted by Gasteiger charge is 2.41. The van der Waals surface area contributed by atoms with Gasteiger partial charge >= 0.3 is 12.1 Å². The molecule has 174 valence electrons. The largest absolute Gasteiger partial charge is 0.479 e. The molecule has 1 aliphatic heterocycles. The Balaban J connectivity index is 1.38. The van der Waals surface area contributed by atoms with E-state index in [0.717, 1.165) is 22.3 Å². The fraction of sp³-hybridized carbons (Fsp3) is 0.375. The first-order valence-electron chi connectivity index (χ1n) is 10.7. The zero-order chi connectivity index (χ0) is 23.6. The Morgan fingerprint density at radius 1 is 1.09 bits per heavy atom. The summed E-state index contributed by atoms with van der Waals surface area (Å²) in [7, 11) is 0. The predicted octanol–water partition coefficient (Wildman–Crippen LogP) is 1.63. The number of benzene rings is 2. The van der Waals surface area contributed by atoms with Gasteiger partial charge in [-0.15, -0.1) is 0 Å². The number of fused-ring (bicyclic) bond motifs is 3. The maximum atomic E-state index is 12.6. The van der Waals surface area contributed by atoms with E-state index in [9.17, 15) is 24.6 Å².